The van der Waals surface area contributed by atoms with Crippen LogP contribution in [0.5, 0.6) is 5.75 Å². The third-order valence-electron chi connectivity index (χ3n) is 7.26. The number of piperidine rings is 1. The van der Waals surface area contributed by atoms with Crippen molar-refractivity contribution in [3.05, 3.63) is 90.2 Å². The summed E-state index contributed by atoms with van der Waals surface area (Å²) >= 11 is 0. The number of hydrogen-bond donors (Lipinski definition) is 1. The Morgan fingerprint density at radius 3 is 2.31 bits per heavy atom. The lowest BCUT2D eigenvalue weighted by Gasteiger charge is -2.39. The van der Waals surface area contributed by atoms with Crippen molar-refractivity contribution in [2.75, 3.05) is 38.6 Å². The molecular weight excluding hydrogens is 559 g/mol. The molecule has 3 amide bonds. The van der Waals surface area contributed by atoms with Crippen LogP contribution < -0.4 is 10.1 Å². The molecule has 0 aliphatic carbocycles. The zero-order chi connectivity index (χ0) is 30.1. The first-order valence-electron chi connectivity index (χ1n) is 14.0. The highest BCUT2D eigenvalue weighted by atomic mass is 32.2. The van der Waals surface area contributed by atoms with Crippen LogP contribution >= 0.6 is 0 Å². The number of likely N-dealkylation sites (tertiary alicyclic amines) is 1. The molecule has 11 heteroatoms. The minimum atomic E-state index is -3.90. The topological polar surface area (TPSA) is 99.3 Å². The normalized spacial score (nSPS) is 14.0. The quantitative estimate of drug-likeness (QED) is 0.337. The fraction of sp³-hybridized carbons (Fsp3) is 0.355. The molecule has 42 heavy (non-hydrogen) atoms. The molecule has 4 rings (SSSR count). The number of anilines is 1. The minimum Gasteiger partial charge on any atom is -0.497 e. The molecule has 0 saturated carbocycles. The van der Waals surface area contributed by atoms with Crippen LogP contribution in [0.2, 0.25) is 0 Å². The number of urea groups is 1. The zero-order valence-electron chi connectivity index (χ0n) is 23.9. The fourth-order valence-electron chi connectivity index (χ4n) is 5.03. The van der Waals surface area contributed by atoms with Gasteiger partial charge in [-0.15, -0.1) is 0 Å². The van der Waals surface area contributed by atoms with Gasteiger partial charge in [0, 0.05) is 37.9 Å². The number of amides is 3. The summed E-state index contributed by atoms with van der Waals surface area (Å²) in [6.07, 6.45) is 1.53. The van der Waals surface area contributed by atoms with E-state index in [0.717, 1.165) is 0 Å². The summed E-state index contributed by atoms with van der Waals surface area (Å²) in [4.78, 5) is 30.2. The van der Waals surface area contributed by atoms with Crippen molar-refractivity contribution in [3.63, 3.8) is 0 Å². The number of carbonyl (C=O) groups excluding carboxylic acids is 2. The molecular formula is C31H37FN4O5S. The Hall–Kier alpha value is -3.96. The van der Waals surface area contributed by atoms with Gasteiger partial charge < -0.3 is 19.9 Å². The second kappa shape index (κ2) is 14.3. The third-order valence-corrected chi connectivity index (χ3v) is 9.12. The van der Waals surface area contributed by atoms with Gasteiger partial charge in [0.15, 0.2) is 0 Å². The van der Waals surface area contributed by atoms with Gasteiger partial charge >= 0.3 is 6.03 Å². The molecule has 0 aromatic heterocycles. The number of sulfonamides is 1. The number of ether oxygens (including phenoxy) is 1. The van der Waals surface area contributed by atoms with Crippen LogP contribution in [0.4, 0.5) is 14.9 Å². The van der Waals surface area contributed by atoms with Gasteiger partial charge in [0.25, 0.3) is 0 Å². The second-order valence-corrected chi connectivity index (χ2v) is 12.1. The SMILES string of the molecule is CCCN(CC(=O)N(Cc1cccc(F)c1)C1CCN(C(=O)Nc2ccc(OC)cc2)CC1)S(=O)(=O)c1ccccc1. The number of carbonyl (C=O) groups is 2. The van der Waals surface area contributed by atoms with E-state index in [1.165, 1.54) is 28.6 Å². The summed E-state index contributed by atoms with van der Waals surface area (Å²) in [5.41, 5.74) is 1.25. The number of methoxy groups -OCH3 is 1. The third kappa shape index (κ3) is 7.86. The van der Waals surface area contributed by atoms with Gasteiger partial charge in [-0.1, -0.05) is 37.3 Å². The van der Waals surface area contributed by atoms with Crippen LogP contribution in [0.3, 0.4) is 0 Å². The highest BCUT2D eigenvalue weighted by Crippen LogP contribution is 2.23. The number of benzene rings is 3. The summed E-state index contributed by atoms with van der Waals surface area (Å²) in [5.74, 6) is -0.0940. The first kappa shape index (κ1) is 31.0. The molecule has 9 nitrogen and oxygen atoms in total. The van der Waals surface area contributed by atoms with Gasteiger partial charge in [-0.3, -0.25) is 4.79 Å². The van der Waals surface area contributed by atoms with Crippen molar-refractivity contribution in [2.24, 2.45) is 0 Å². The van der Waals surface area contributed by atoms with Gasteiger partial charge in [0.05, 0.1) is 18.6 Å². The Morgan fingerprint density at radius 1 is 1.00 bits per heavy atom. The van der Waals surface area contributed by atoms with Crippen LogP contribution in [0.25, 0.3) is 0 Å². The molecule has 1 heterocycles. The maximum atomic E-state index is 14.0. The Kier molecular flexibility index (Phi) is 10.5. The van der Waals surface area contributed by atoms with E-state index in [9.17, 15) is 22.4 Å². The largest absolute Gasteiger partial charge is 0.497 e. The van der Waals surface area contributed by atoms with Crippen molar-refractivity contribution in [1.29, 1.82) is 0 Å². The highest BCUT2D eigenvalue weighted by molar-refractivity contribution is 7.89. The predicted molar refractivity (Wildman–Crippen MR) is 159 cm³/mol. The number of nitrogens with zero attached hydrogens (tertiary/aromatic N) is 3. The fourth-order valence-corrected chi connectivity index (χ4v) is 6.53. The van der Waals surface area contributed by atoms with E-state index in [0.29, 0.717) is 49.4 Å². The van der Waals surface area contributed by atoms with E-state index in [4.69, 9.17) is 4.74 Å². The summed E-state index contributed by atoms with van der Waals surface area (Å²) in [7, 11) is -2.33. The second-order valence-electron chi connectivity index (χ2n) is 10.2. The van der Waals surface area contributed by atoms with E-state index in [1.54, 1.807) is 71.5 Å². The van der Waals surface area contributed by atoms with Crippen molar-refractivity contribution in [2.45, 2.75) is 43.7 Å². The number of hydrogen-bond acceptors (Lipinski definition) is 5. The van der Waals surface area contributed by atoms with Gasteiger partial charge in [-0.2, -0.15) is 4.31 Å². The first-order chi connectivity index (χ1) is 20.2. The molecule has 0 spiro atoms. The Morgan fingerprint density at radius 2 is 1.69 bits per heavy atom. The smallest absolute Gasteiger partial charge is 0.321 e. The minimum absolute atomic E-state index is 0.124. The van der Waals surface area contributed by atoms with Crippen LogP contribution in [-0.2, 0) is 21.4 Å². The van der Waals surface area contributed by atoms with Crippen LogP contribution in [0.15, 0.2) is 83.8 Å². The van der Waals surface area contributed by atoms with E-state index < -0.39 is 15.8 Å². The van der Waals surface area contributed by atoms with Crippen molar-refractivity contribution < 1.29 is 27.1 Å². The first-order valence-corrected chi connectivity index (χ1v) is 15.4. The molecule has 0 atom stereocenters. The Labute approximate surface area is 246 Å². The van der Waals surface area contributed by atoms with Gasteiger partial charge in [-0.05, 0) is 73.4 Å². The van der Waals surface area contributed by atoms with Gasteiger partial charge in [0.2, 0.25) is 15.9 Å². The van der Waals surface area contributed by atoms with Crippen LogP contribution in [0, 0.1) is 5.82 Å². The van der Waals surface area contributed by atoms with Crippen molar-refractivity contribution in [1.82, 2.24) is 14.1 Å². The molecule has 1 saturated heterocycles. The van der Waals surface area contributed by atoms with Crippen LogP contribution in [0.1, 0.15) is 31.7 Å². The standard InChI is InChI=1S/C31H37FN4O5S/c1-3-18-35(42(39,40)29-10-5-4-6-11-29)23-30(37)36(22-24-8-7-9-25(32)21-24)27-16-19-34(20-17-27)31(38)33-26-12-14-28(41-2)15-13-26/h4-15,21,27H,3,16-20,22-23H2,1-2H3,(H,33,38). The lowest BCUT2D eigenvalue weighted by Crippen LogP contribution is -2.51. The molecule has 1 N–H and O–H groups in total. The highest BCUT2D eigenvalue weighted by Gasteiger charge is 2.33. The summed E-state index contributed by atoms with van der Waals surface area (Å²) in [6, 6.07) is 20.6. The monoisotopic (exact) mass is 596 g/mol. The number of rotatable bonds is 11. The van der Waals surface area contributed by atoms with Crippen molar-refractivity contribution in [3.8, 4) is 5.75 Å². The molecule has 3 aromatic rings. The van der Waals surface area contributed by atoms with E-state index in [-0.39, 0.29) is 42.5 Å². The molecule has 1 fully saturated rings. The molecule has 224 valence electrons. The summed E-state index contributed by atoms with van der Waals surface area (Å²) < 4.78 is 47.2. The van der Waals surface area contributed by atoms with Gasteiger partial charge in [-0.25, -0.2) is 17.6 Å². The zero-order valence-corrected chi connectivity index (χ0v) is 24.7. The van der Waals surface area contributed by atoms with E-state index in [1.807, 2.05) is 6.92 Å². The van der Waals surface area contributed by atoms with E-state index in [2.05, 4.69) is 5.32 Å². The van der Waals surface area contributed by atoms with Gasteiger partial charge in [0.1, 0.15) is 11.6 Å². The molecule has 0 radical (unpaired) electrons. The lowest BCUT2D eigenvalue weighted by atomic mass is 10.0. The van der Waals surface area contributed by atoms with Crippen LogP contribution in [-0.4, -0.2) is 73.8 Å². The molecule has 0 unspecified atom stereocenters. The van der Waals surface area contributed by atoms with Crippen molar-refractivity contribution >= 4 is 27.6 Å². The maximum absolute atomic E-state index is 14.0. The lowest BCUT2D eigenvalue weighted by molar-refractivity contribution is -0.135. The molecule has 1 aliphatic heterocycles. The molecule has 3 aromatic carbocycles. The maximum Gasteiger partial charge on any atom is 0.321 e. The molecule has 0 bridgehead atoms. The average Bonchev–Trinajstić information content (AvgIpc) is 3.00. The number of halogens is 1. The van der Waals surface area contributed by atoms with E-state index >= 15 is 0 Å². The average molecular weight is 597 g/mol. The summed E-state index contributed by atoms with van der Waals surface area (Å²) in [6.45, 7) is 2.64. The Balaban J connectivity index is 1.48. The predicted octanol–water partition coefficient (Wildman–Crippen LogP) is 4.96. The summed E-state index contributed by atoms with van der Waals surface area (Å²) in [5, 5.41) is 2.88. The Bertz CT molecular complexity index is 1450. The number of nitrogens with one attached hydrogen (secondary N) is 1. The molecule has 1 aliphatic rings.